The molecule has 2 aromatic carbocycles. The van der Waals surface area contributed by atoms with Crippen LogP contribution in [0, 0.1) is 0 Å². The van der Waals surface area contributed by atoms with E-state index in [0.29, 0.717) is 15.4 Å². The van der Waals surface area contributed by atoms with Gasteiger partial charge < -0.3 is 0 Å². The molecule has 0 aliphatic heterocycles. The molecule has 0 atom stereocenters. The summed E-state index contributed by atoms with van der Waals surface area (Å²) in [5.74, 6) is 0. The normalized spacial score (nSPS) is 11.8. The molecule has 2 nitrogen and oxygen atoms in total. The van der Waals surface area contributed by atoms with Gasteiger partial charge in [-0.2, -0.15) is 0 Å². The van der Waals surface area contributed by atoms with Crippen LogP contribution in [-0.4, -0.2) is 8.42 Å². The Hall–Kier alpha value is -1.87. The van der Waals surface area contributed by atoms with Crippen LogP contribution in [0.4, 0.5) is 0 Å². The average Bonchev–Trinajstić information content (AvgIpc) is 2.41. The van der Waals surface area contributed by atoms with E-state index in [2.05, 4.69) is 0 Å². The SMILES string of the molecule is C/C=C/c1ccccc1S(=O)(=O)c1ccccc1. The molecule has 0 spiro atoms. The van der Waals surface area contributed by atoms with Crippen LogP contribution in [0.3, 0.4) is 0 Å². The van der Waals surface area contributed by atoms with E-state index in [9.17, 15) is 8.42 Å². The fourth-order valence-corrected chi connectivity index (χ4v) is 3.24. The molecule has 0 fully saturated rings. The molecule has 0 aromatic heterocycles. The van der Waals surface area contributed by atoms with E-state index in [1.807, 2.05) is 19.1 Å². The molecule has 92 valence electrons. The van der Waals surface area contributed by atoms with Gasteiger partial charge in [-0.25, -0.2) is 8.42 Å². The molecule has 2 rings (SSSR count). The van der Waals surface area contributed by atoms with Crippen molar-refractivity contribution in [2.24, 2.45) is 0 Å². The van der Waals surface area contributed by atoms with Crippen molar-refractivity contribution < 1.29 is 8.42 Å². The van der Waals surface area contributed by atoms with Crippen molar-refractivity contribution in [1.82, 2.24) is 0 Å². The topological polar surface area (TPSA) is 34.1 Å². The largest absolute Gasteiger partial charge is 0.218 e. The van der Waals surface area contributed by atoms with Crippen LogP contribution >= 0.6 is 0 Å². The van der Waals surface area contributed by atoms with Gasteiger partial charge in [0.2, 0.25) is 9.84 Å². The lowest BCUT2D eigenvalue weighted by molar-refractivity contribution is 0.596. The number of rotatable bonds is 3. The molecule has 0 amide bonds. The fourth-order valence-electron chi connectivity index (χ4n) is 1.77. The summed E-state index contributed by atoms with van der Waals surface area (Å²) >= 11 is 0. The maximum absolute atomic E-state index is 12.5. The summed E-state index contributed by atoms with van der Waals surface area (Å²) in [6.07, 6.45) is 3.63. The van der Waals surface area contributed by atoms with E-state index in [1.54, 1.807) is 54.6 Å². The Morgan fingerprint density at radius 1 is 0.889 bits per heavy atom. The second-order valence-corrected chi connectivity index (χ2v) is 5.77. The number of hydrogen-bond acceptors (Lipinski definition) is 2. The maximum Gasteiger partial charge on any atom is 0.207 e. The zero-order chi connectivity index (χ0) is 13.0. The zero-order valence-corrected chi connectivity index (χ0v) is 10.9. The molecular weight excluding hydrogens is 244 g/mol. The van der Waals surface area contributed by atoms with E-state index in [0.717, 1.165) is 0 Å². The second-order valence-electron chi connectivity index (χ2n) is 3.85. The number of benzene rings is 2. The molecule has 0 heterocycles. The molecule has 0 saturated carbocycles. The van der Waals surface area contributed by atoms with E-state index in [-0.39, 0.29) is 0 Å². The third-order valence-electron chi connectivity index (χ3n) is 2.61. The van der Waals surface area contributed by atoms with E-state index >= 15 is 0 Å². The molecule has 0 N–H and O–H groups in total. The molecule has 18 heavy (non-hydrogen) atoms. The second kappa shape index (κ2) is 5.19. The quantitative estimate of drug-likeness (QED) is 0.843. The molecule has 0 saturated heterocycles. The molecule has 0 aliphatic rings. The first-order valence-electron chi connectivity index (χ1n) is 5.68. The molecule has 0 unspecified atom stereocenters. The summed E-state index contributed by atoms with van der Waals surface area (Å²) in [6.45, 7) is 1.87. The Morgan fingerprint density at radius 2 is 1.50 bits per heavy atom. The summed E-state index contributed by atoms with van der Waals surface area (Å²) in [6, 6.07) is 15.5. The fraction of sp³-hybridized carbons (Fsp3) is 0.0667. The third-order valence-corrected chi connectivity index (χ3v) is 4.45. The molecule has 2 aromatic rings. The minimum Gasteiger partial charge on any atom is -0.218 e. The lowest BCUT2D eigenvalue weighted by Gasteiger charge is -2.07. The highest BCUT2D eigenvalue weighted by atomic mass is 32.2. The van der Waals surface area contributed by atoms with Crippen molar-refractivity contribution >= 4 is 15.9 Å². The summed E-state index contributed by atoms with van der Waals surface area (Å²) in [7, 11) is -3.44. The predicted molar refractivity (Wildman–Crippen MR) is 73.0 cm³/mol. The van der Waals surface area contributed by atoms with Gasteiger partial charge >= 0.3 is 0 Å². The van der Waals surface area contributed by atoms with E-state index in [1.165, 1.54) is 0 Å². The van der Waals surface area contributed by atoms with Crippen LogP contribution in [0.5, 0.6) is 0 Å². The Morgan fingerprint density at radius 3 is 2.17 bits per heavy atom. The van der Waals surface area contributed by atoms with Crippen molar-refractivity contribution in [3.63, 3.8) is 0 Å². The third kappa shape index (κ3) is 2.36. The highest BCUT2D eigenvalue weighted by molar-refractivity contribution is 7.91. The lowest BCUT2D eigenvalue weighted by Crippen LogP contribution is -2.03. The summed E-state index contributed by atoms with van der Waals surface area (Å²) < 4.78 is 25.0. The van der Waals surface area contributed by atoms with Crippen molar-refractivity contribution in [1.29, 1.82) is 0 Å². The summed E-state index contributed by atoms with van der Waals surface area (Å²) in [4.78, 5) is 0.663. The van der Waals surface area contributed by atoms with Gasteiger partial charge in [0.25, 0.3) is 0 Å². The van der Waals surface area contributed by atoms with Crippen molar-refractivity contribution in [2.75, 3.05) is 0 Å². The van der Waals surface area contributed by atoms with E-state index in [4.69, 9.17) is 0 Å². The molecule has 3 heteroatoms. The predicted octanol–water partition coefficient (Wildman–Crippen LogP) is 3.55. The molecular formula is C15H14O2S. The standard InChI is InChI=1S/C15H14O2S/c1-2-8-13-9-6-7-12-15(13)18(16,17)14-10-4-3-5-11-14/h2-12H,1H3/b8-2+. The Kier molecular flexibility index (Phi) is 3.63. The highest BCUT2D eigenvalue weighted by Crippen LogP contribution is 2.24. The van der Waals surface area contributed by atoms with Gasteiger partial charge in [-0.3, -0.25) is 0 Å². The Bertz CT molecular complexity index is 656. The van der Waals surface area contributed by atoms with Crippen LogP contribution in [-0.2, 0) is 9.84 Å². The summed E-state index contributed by atoms with van der Waals surface area (Å²) in [5.41, 5.74) is 0.712. The number of allylic oxidation sites excluding steroid dienone is 1. The van der Waals surface area contributed by atoms with Crippen molar-refractivity contribution in [3.8, 4) is 0 Å². The molecule has 0 bridgehead atoms. The number of hydrogen-bond donors (Lipinski definition) is 0. The van der Waals surface area contributed by atoms with Gasteiger partial charge in [0.15, 0.2) is 0 Å². The van der Waals surface area contributed by atoms with E-state index < -0.39 is 9.84 Å². The van der Waals surface area contributed by atoms with Gasteiger partial charge in [-0.15, -0.1) is 0 Å². The smallest absolute Gasteiger partial charge is 0.207 e. The van der Waals surface area contributed by atoms with Gasteiger partial charge in [-0.05, 0) is 30.7 Å². The lowest BCUT2D eigenvalue weighted by atomic mass is 10.2. The van der Waals surface area contributed by atoms with Crippen LogP contribution in [0.1, 0.15) is 12.5 Å². The van der Waals surface area contributed by atoms with Gasteiger partial charge in [0.05, 0.1) is 9.79 Å². The van der Waals surface area contributed by atoms with Crippen molar-refractivity contribution in [3.05, 3.63) is 66.2 Å². The average molecular weight is 258 g/mol. The van der Waals surface area contributed by atoms with Crippen LogP contribution in [0.15, 0.2) is 70.5 Å². The first-order chi connectivity index (χ1) is 8.66. The Balaban J connectivity index is 2.62. The summed E-state index contributed by atoms with van der Waals surface area (Å²) in [5, 5.41) is 0. The Labute approximate surface area is 108 Å². The van der Waals surface area contributed by atoms with Crippen LogP contribution in [0.25, 0.3) is 6.08 Å². The maximum atomic E-state index is 12.5. The first kappa shape index (κ1) is 12.6. The minimum atomic E-state index is -3.44. The van der Waals surface area contributed by atoms with Crippen molar-refractivity contribution in [2.45, 2.75) is 16.7 Å². The highest BCUT2D eigenvalue weighted by Gasteiger charge is 2.19. The first-order valence-corrected chi connectivity index (χ1v) is 7.16. The van der Waals surface area contributed by atoms with Crippen LogP contribution < -0.4 is 0 Å². The van der Waals surface area contributed by atoms with Gasteiger partial charge in [-0.1, -0.05) is 48.6 Å². The zero-order valence-electron chi connectivity index (χ0n) is 10.1. The molecule has 0 aliphatic carbocycles. The van der Waals surface area contributed by atoms with Gasteiger partial charge in [0.1, 0.15) is 0 Å². The van der Waals surface area contributed by atoms with Crippen LogP contribution in [0.2, 0.25) is 0 Å². The molecule has 0 radical (unpaired) electrons. The monoisotopic (exact) mass is 258 g/mol. The minimum absolute atomic E-state index is 0.321. The number of sulfone groups is 1. The van der Waals surface area contributed by atoms with Gasteiger partial charge in [0, 0.05) is 0 Å².